The summed E-state index contributed by atoms with van der Waals surface area (Å²) < 4.78 is 0. The molecule has 27 heavy (non-hydrogen) atoms. The van der Waals surface area contributed by atoms with Gasteiger partial charge in [0, 0.05) is 34.9 Å². The molecule has 0 bridgehead atoms. The summed E-state index contributed by atoms with van der Waals surface area (Å²) in [5.74, 6) is 0.631. The number of alkyl halides is 1. The quantitative estimate of drug-likeness (QED) is 0.455. The van der Waals surface area contributed by atoms with Crippen LogP contribution < -0.4 is 4.90 Å². The van der Waals surface area contributed by atoms with E-state index in [1.165, 1.54) is 21.9 Å². The second-order valence-electron chi connectivity index (χ2n) is 7.21. The van der Waals surface area contributed by atoms with E-state index >= 15 is 0 Å². The molecule has 4 aromatic rings. The molecule has 5 rings (SSSR count). The number of carbonyl (C=O) groups excluding carboxylic acids is 1. The highest BCUT2D eigenvalue weighted by Gasteiger charge is 2.34. The molecule has 1 atom stereocenters. The van der Waals surface area contributed by atoms with Crippen LogP contribution in [0.3, 0.4) is 0 Å². The number of benzene rings is 3. The van der Waals surface area contributed by atoms with Crippen LogP contribution in [0.2, 0.25) is 0 Å². The molecule has 0 fully saturated rings. The highest BCUT2D eigenvalue weighted by molar-refractivity contribution is 6.19. The number of aryl methyl sites for hydroxylation is 1. The van der Waals surface area contributed by atoms with Gasteiger partial charge in [-0.05, 0) is 47.0 Å². The standard InChI is InChI=1S/C23H19ClN2O/c1-14-10-21-22(18-8-4-3-7-17(14)18)16(12-24)13-26(21)23(27)20-11-15-6-2-5-9-19(15)25-20/h2-11,16,25H,12-13H2,1H3/t16-/m1/s1. The van der Waals surface area contributed by atoms with Gasteiger partial charge in [-0.2, -0.15) is 0 Å². The van der Waals surface area contributed by atoms with Gasteiger partial charge in [-0.15, -0.1) is 11.6 Å². The maximum Gasteiger partial charge on any atom is 0.274 e. The average molecular weight is 375 g/mol. The van der Waals surface area contributed by atoms with E-state index in [4.69, 9.17) is 11.6 Å². The van der Waals surface area contributed by atoms with Crippen LogP contribution in [0.4, 0.5) is 5.69 Å². The molecule has 1 N–H and O–H groups in total. The molecule has 0 aliphatic carbocycles. The van der Waals surface area contributed by atoms with Gasteiger partial charge in [0.05, 0.1) is 0 Å². The molecular weight excluding hydrogens is 356 g/mol. The maximum absolute atomic E-state index is 13.3. The predicted molar refractivity (Wildman–Crippen MR) is 112 cm³/mol. The largest absolute Gasteiger partial charge is 0.351 e. The van der Waals surface area contributed by atoms with Gasteiger partial charge in [-0.1, -0.05) is 42.5 Å². The molecule has 0 spiro atoms. The summed E-state index contributed by atoms with van der Waals surface area (Å²) in [5, 5.41) is 3.47. The number of fused-ring (bicyclic) bond motifs is 4. The van der Waals surface area contributed by atoms with Crippen molar-refractivity contribution in [1.29, 1.82) is 0 Å². The minimum absolute atomic E-state index is 0.00486. The minimum Gasteiger partial charge on any atom is -0.351 e. The number of nitrogens with zero attached hydrogens (tertiary/aromatic N) is 1. The molecule has 3 nitrogen and oxygen atoms in total. The SMILES string of the molecule is Cc1cc2c(c3ccccc13)[C@H](CCl)CN2C(=O)c1cc2ccccc2[nH]1. The third-order valence-electron chi connectivity index (χ3n) is 5.57. The van der Waals surface area contributed by atoms with Crippen LogP contribution >= 0.6 is 11.6 Å². The Labute approximate surface area is 162 Å². The number of aromatic amines is 1. The summed E-state index contributed by atoms with van der Waals surface area (Å²) >= 11 is 6.31. The summed E-state index contributed by atoms with van der Waals surface area (Å²) in [6.45, 7) is 2.71. The number of rotatable bonds is 2. The van der Waals surface area contributed by atoms with Gasteiger partial charge < -0.3 is 9.88 Å². The van der Waals surface area contributed by atoms with Crippen LogP contribution in [0.1, 0.15) is 27.5 Å². The number of halogens is 1. The molecule has 0 saturated carbocycles. The molecule has 0 radical (unpaired) electrons. The third kappa shape index (κ3) is 2.46. The van der Waals surface area contributed by atoms with Crippen molar-refractivity contribution in [2.45, 2.75) is 12.8 Å². The lowest BCUT2D eigenvalue weighted by molar-refractivity contribution is 0.0984. The van der Waals surface area contributed by atoms with Crippen LogP contribution in [0.25, 0.3) is 21.7 Å². The third-order valence-corrected chi connectivity index (χ3v) is 5.94. The second-order valence-corrected chi connectivity index (χ2v) is 7.52. The summed E-state index contributed by atoms with van der Waals surface area (Å²) in [4.78, 5) is 18.5. The normalized spacial score (nSPS) is 16.2. The monoisotopic (exact) mass is 374 g/mol. The van der Waals surface area contributed by atoms with Gasteiger partial charge >= 0.3 is 0 Å². The van der Waals surface area contributed by atoms with Crippen LogP contribution in [-0.2, 0) is 0 Å². The number of carbonyl (C=O) groups is 1. The van der Waals surface area contributed by atoms with E-state index in [1.807, 2.05) is 35.2 Å². The molecule has 0 saturated heterocycles. The van der Waals surface area contributed by atoms with E-state index in [9.17, 15) is 4.79 Å². The Morgan fingerprint density at radius 1 is 1.11 bits per heavy atom. The van der Waals surface area contributed by atoms with Crippen molar-refractivity contribution < 1.29 is 4.79 Å². The van der Waals surface area contributed by atoms with E-state index in [1.54, 1.807) is 0 Å². The van der Waals surface area contributed by atoms with Crippen LogP contribution in [0.15, 0.2) is 60.7 Å². The van der Waals surface area contributed by atoms with E-state index in [0.29, 0.717) is 18.1 Å². The Morgan fingerprint density at radius 2 is 1.85 bits per heavy atom. The zero-order chi connectivity index (χ0) is 18.5. The number of anilines is 1. The van der Waals surface area contributed by atoms with Crippen molar-refractivity contribution in [3.63, 3.8) is 0 Å². The van der Waals surface area contributed by atoms with Crippen molar-refractivity contribution in [3.8, 4) is 0 Å². The lowest BCUT2D eigenvalue weighted by Gasteiger charge is -2.18. The molecule has 1 amide bonds. The zero-order valence-corrected chi connectivity index (χ0v) is 15.8. The first-order valence-corrected chi connectivity index (χ1v) is 9.68. The number of para-hydroxylation sites is 1. The number of amides is 1. The summed E-state index contributed by atoms with van der Waals surface area (Å²) in [7, 11) is 0. The van der Waals surface area contributed by atoms with E-state index in [-0.39, 0.29) is 11.8 Å². The van der Waals surface area contributed by atoms with Crippen molar-refractivity contribution in [3.05, 3.63) is 77.5 Å². The van der Waals surface area contributed by atoms with E-state index in [0.717, 1.165) is 16.6 Å². The predicted octanol–water partition coefficient (Wildman–Crippen LogP) is 5.61. The van der Waals surface area contributed by atoms with E-state index < -0.39 is 0 Å². The van der Waals surface area contributed by atoms with Gasteiger partial charge in [0.15, 0.2) is 0 Å². The van der Waals surface area contributed by atoms with E-state index in [2.05, 4.69) is 42.2 Å². The fourth-order valence-electron chi connectivity index (χ4n) is 4.28. The lowest BCUT2D eigenvalue weighted by Crippen LogP contribution is -2.30. The van der Waals surface area contributed by atoms with Crippen molar-refractivity contribution in [1.82, 2.24) is 4.98 Å². The number of aromatic nitrogens is 1. The van der Waals surface area contributed by atoms with Gasteiger partial charge in [-0.25, -0.2) is 0 Å². The van der Waals surface area contributed by atoms with Crippen LogP contribution in [-0.4, -0.2) is 23.3 Å². The van der Waals surface area contributed by atoms with Crippen molar-refractivity contribution in [2.24, 2.45) is 0 Å². The van der Waals surface area contributed by atoms with Crippen LogP contribution in [0, 0.1) is 6.92 Å². The van der Waals surface area contributed by atoms with Crippen LogP contribution in [0.5, 0.6) is 0 Å². The molecule has 0 unspecified atom stereocenters. The maximum atomic E-state index is 13.3. The molecular formula is C23H19ClN2O. The zero-order valence-electron chi connectivity index (χ0n) is 15.0. The Morgan fingerprint density at radius 3 is 2.63 bits per heavy atom. The van der Waals surface area contributed by atoms with Gasteiger partial charge in [-0.3, -0.25) is 4.79 Å². The Balaban J connectivity index is 1.66. The first kappa shape index (κ1) is 16.4. The number of nitrogens with one attached hydrogen (secondary N) is 1. The first-order chi connectivity index (χ1) is 13.2. The Hall–Kier alpha value is -2.78. The summed E-state index contributed by atoms with van der Waals surface area (Å²) in [6, 6.07) is 20.4. The summed E-state index contributed by atoms with van der Waals surface area (Å²) in [5.41, 5.74) is 4.94. The Bertz CT molecular complexity index is 1160. The molecule has 2 heterocycles. The molecule has 1 aliphatic rings. The number of hydrogen-bond donors (Lipinski definition) is 1. The number of H-pyrrole nitrogens is 1. The summed E-state index contributed by atoms with van der Waals surface area (Å²) in [6.07, 6.45) is 0. The lowest BCUT2D eigenvalue weighted by atomic mass is 9.93. The highest BCUT2D eigenvalue weighted by atomic mass is 35.5. The van der Waals surface area contributed by atoms with Gasteiger partial charge in [0.25, 0.3) is 5.91 Å². The Kier molecular flexibility index (Phi) is 3.73. The fraction of sp³-hybridized carbons (Fsp3) is 0.174. The molecule has 134 valence electrons. The number of hydrogen-bond acceptors (Lipinski definition) is 1. The smallest absolute Gasteiger partial charge is 0.274 e. The fourth-order valence-corrected chi connectivity index (χ4v) is 4.53. The minimum atomic E-state index is -0.00486. The van der Waals surface area contributed by atoms with Gasteiger partial charge in [0.1, 0.15) is 5.69 Å². The van der Waals surface area contributed by atoms with Gasteiger partial charge in [0.2, 0.25) is 0 Å². The molecule has 4 heteroatoms. The van der Waals surface area contributed by atoms with Crippen molar-refractivity contribution >= 4 is 44.9 Å². The highest BCUT2D eigenvalue weighted by Crippen LogP contribution is 2.43. The topological polar surface area (TPSA) is 36.1 Å². The molecule has 1 aromatic heterocycles. The average Bonchev–Trinajstić information content (AvgIpc) is 3.29. The molecule has 3 aromatic carbocycles. The molecule has 1 aliphatic heterocycles. The second kappa shape index (κ2) is 6.14. The van der Waals surface area contributed by atoms with Crippen molar-refractivity contribution in [2.75, 3.05) is 17.3 Å². The first-order valence-electron chi connectivity index (χ1n) is 9.15.